The minimum atomic E-state index is 0.345. The molecular formula is C13H26N2S. The zero-order valence-electron chi connectivity index (χ0n) is 11.0. The Morgan fingerprint density at radius 3 is 2.81 bits per heavy atom. The number of hydrogen-bond donors (Lipinski definition) is 1. The molecule has 16 heavy (non-hydrogen) atoms. The van der Waals surface area contributed by atoms with Gasteiger partial charge in [-0.1, -0.05) is 6.92 Å². The van der Waals surface area contributed by atoms with Crippen molar-refractivity contribution in [2.45, 2.75) is 50.3 Å². The summed E-state index contributed by atoms with van der Waals surface area (Å²) in [5.41, 5.74) is 0.345. The van der Waals surface area contributed by atoms with Gasteiger partial charge >= 0.3 is 0 Å². The van der Waals surface area contributed by atoms with Gasteiger partial charge in [0.05, 0.1) is 0 Å². The quantitative estimate of drug-likeness (QED) is 0.818. The van der Waals surface area contributed by atoms with Crippen molar-refractivity contribution in [3.63, 3.8) is 0 Å². The van der Waals surface area contributed by atoms with Crippen LogP contribution in [0.15, 0.2) is 0 Å². The predicted molar refractivity (Wildman–Crippen MR) is 73.2 cm³/mol. The fourth-order valence-corrected chi connectivity index (χ4v) is 4.29. The summed E-state index contributed by atoms with van der Waals surface area (Å²) in [5.74, 6) is 1.37. The van der Waals surface area contributed by atoms with E-state index in [2.05, 4.69) is 42.7 Å². The van der Waals surface area contributed by atoms with E-state index in [4.69, 9.17) is 0 Å². The van der Waals surface area contributed by atoms with E-state index in [-0.39, 0.29) is 0 Å². The van der Waals surface area contributed by atoms with E-state index in [9.17, 15) is 0 Å². The van der Waals surface area contributed by atoms with Crippen molar-refractivity contribution in [3.05, 3.63) is 0 Å². The second kappa shape index (κ2) is 4.87. The lowest BCUT2D eigenvalue weighted by Crippen LogP contribution is -2.60. The van der Waals surface area contributed by atoms with Crippen LogP contribution in [0.5, 0.6) is 0 Å². The molecule has 2 saturated heterocycles. The zero-order valence-corrected chi connectivity index (χ0v) is 11.8. The van der Waals surface area contributed by atoms with Crippen molar-refractivity contribution in [2.24, 2.45) is 0 Å². The van der Waals surface area contributed by atoms with Crippen LogP contribution < -0.4 is 5.32 Å². The van der Waals surface area contributed by atoms with Crippen LogP contribution in [-0.4, -0.2) is 47.1 Å². The van der Waals surface area contributed by atoms with Crippen molar-refractivity contribution in [1.82, 2.24) is 10.2 Å². The van der Waals surface area contributed by atoms with Crippen molar-refractivity contribution in [2.75, 3.05) is 31.9 Å². The normalized spacial score (nSPS) is 41.4. The van der Waals surface area contributed by atoms with Crippen LogP contribution in [0.4, 0.5) is 0 Å². The molecule has 2 nitrogen and oxygen atoms in total. The second-order valence-corrected chi connectivity index (χ2v) is 7.64. The maximum atomic E-state index is 3.66. The molecule has 0 aliphatic carbocycles. The molecule has 0 aromatic heterocycles. The molecule has 0 spiro atoms. The van der Waals surface area contributed by atoms with Gasteiger partial charge in [0.15, 0.2) is 0 Å². The molecule has 2 unspecified atom stereocenters. The van der Waals surface area contributed by atoms with Crippen molar-refractivity contribution >= 4 is 11.8 Å². The van der Waals surface area contributed by atoms with Gasteiger partial charge in [-0.05, 0) is 38.9 Å². The summed E-state index contributed by atoms with van der Waals surface area (Å²) in [7, 11) is 0. The monoisotopic (exact) mass is 242 g/mol. The molecule has 2 fully saturated rings. The standard InChI is InChI=1S/C13H26N2S/c1-4-12(2)10-15(8-7-14-12)11-13(3)6-5-9-16-13/h14H,4-11H2,1-3H3. The highest BCUT2D eigenvalue weighted by Crippen LogP contribution is 2.38. The van der Waals surface area contributed by atoms with Crippen molar-refractivity contribution in [1.29, 1.82) is 0 Å². The molecule has 1 N–H and O–H groups in total. The van der Waals surface area contributed by atoms with Gasteiger partial charge in [0.1, 0.15) is 0 Å². The third-order valence-electron chi connectivity index (χ3n) is 4.19. The van der Waals surface area contributed by atoms with Gasteiger partial charge in [-0.15, -0.1) is 0 Å². The molecular weight excluding hydrogens is 216 g/mol. The number of nitrogens with zero attached hydrogens (tertiary/aromatic N) is 1. The first-order valence-corrected chi connectivity index (χ1v) is 7.65. The minimum Gasteiger partial charge on any atom is -0.309 e. The number of rotatable bonds is 3. The van der Waals surface area contributed by atoms with Gasteiger partial charge in [-0.2, -0.15) is 11.8 Å². The van der Waals surface area contributed by atoms with Crippen LogP contribution in [0.1, 0.15) is 40.0 Å². The third kappa shape index (κ3) is 2.93. The Morgan fingerprint density at radius 2 is 2.19 bits per heavy atom. The largest absolute Gasteiger partial charge is 0.309 e. The molecule has 0 aromatic rings. The fraction of sp³-hybridized carbons (Fsp3) is 1.00. The van der Waals surface area contributed by atoms with E-state index in [1.165, 1.54) is 44.6 Å². The topological polar surface area (TPSA) is 15.3 Å². The summed E-state index contributed by atoms with van der Waals surface area (Å²) in [6.07, 6.45) is 4.05. The van der Waals surface area contributed by atoms with Crippen LogP contribution in [0.2, 0.25) is 0 Å². The van der Waals surface area contributed by atoms with E-state index >= 15 is 0 Å². The zero-order chi connectivity index (χ0) is 11.6. The lowest BCUT2D eigenvalue weighted by molar-refractivity contribution is 0.130. The Bertz CT molecular complexity index is 238. The molecule has 2 aliphatic heterocycles. The highest BCUT2D eigenvalue weighted by atomic mass is 32.2. The van der Waals surface area contributed by atoms with Gasteiger partial charge < -0.3 is 5.32 Å². The molecule has 94 valence electrons. The highest BCUT2D eigenvalue weighted by molar-refractivity contribution is 8.00. The average molecular weight is 242 g/mol. The second-order valence-electron chi connectivity index (χ2n) is 5.95. The number of hydrogen-bond acceptors (Lipinski definition) is 3. The molecule has 0 aromatic carbocycles. The maximum Gasteiger partial charge on any atom is 0.0278 e. The smallest absolute Gasteiger partial charge is 0.0278 e. The first-order valence-electron chi connectivity index (χ1n) is 6.67. The third-order valence-corrected chi connectivity index (χ3v) is 5.71. The summed E-state index contributed by atoms with van der Waals surface area (Å²) in [6, 6.07) is 0. The molecule has 2 heterocycles. The van der Waals surface area contributed by atoms with E-state index in [1.807, 2.05) is 0 Å². The molecule has 3 heteroatoms. The summed E-state index contributed by atoms with van der Waals surface area (Å²) >= 11 is 2.18. The first kappa shape index (κ1) is 12.7. The number of piperazine rings is 1. The van der Waals surface area contributed by atoms with Crippen LogP contribution >= 0.6 is 11.8 Å². The Labute approximate surface area is 105 Å². The van der Waals surface area contributed by atoms with Crippen LogP contribution in [0.25, 0.3) is 0 Å². The van der Waals surface area contributed by atoms with Gasteiger partial charge in [-0.3, -0.25) is 4.90 Å². The minimum absolute atomic E-state index is 0.345. The molecule has 0 saturated carbocycles. The Kier molecular flexibility index (Phi) is 3.87. The van der Waals surface area contributed by atoms with E-state index in [1.54, 1.807) is 0 Å². The van der Waals surface area contributed by atoms with E-state index < -0.39 is 0 Å². The van der Waals surface area contributed by atoms with E-state index in [0.29, 0.717) is 10.3 Å². The summed E-state index contributed by atoms with van der Waals surface area (Å²) in [4.78, 5) is 2.68. The van der Waals surface area contributed by atoms with Gasteiger partial charge in [0, 0.05) is 36.5 Å². The van der Waals surface area contributed by atoms with Crippen molar-refractivity contribution in [3.8, 4) is 0 Å². The lowest BCUT2D eigenvalue weighted by Gasteiger charge is -2.43. The Balaban J connectivity index is 1.90. The first-order chi connectivity index (χ1) is 7.55. The lowest BCUT2D eigenvalue weighted by atomic mass is 9.94. The summed E-state index contributed by atoms with van der Waals surface area (Å²) in [6.45, 7) is 12.0. The SMILES string of the molecule is CCC1(C)CN(CC2(C)CCCS2)CCN1. The summed E-state index contributed by atoms with van der Waals surface area (Å²) in [5, 5.41) is 3.66. The van der Waals surface area contributed by atoms with E-state index in [0.717, 1.165) is 6.54 Å². The van der Waals surface area contributed by atoms with Gasteiger partial charge in [-0.25, -0.2) is 0 Å². The molecule has 2 rings (SSSR count). The molecule has 0 amide bonds. The summed E-state index contributed by atoms with van der Waals surface area (Å²) < 4.78 is 0.534. The molecule has 2 atom stereocenters. The molecule has 2 aliphatic rings. The fourth-order valence-electron chi connectivity index (χ4n) is 2.95. The Morgan fingerprint density at radius 1 is 1.38 bits per heavy atom. The average Bonchev–Trinajstić information content (AvgIpc) is 2.65. The predicted octanol–water partition coefficient (Wildman–Crippen LogP) is 2.35. The van der Waals surface area contributed by atoms with Crippen LogP contribution in [-0.2, 0) is 0 Å². The highest BCUT2D eigenvalue weighted by Gasteiger charge is 2.35. The molecule has 0 bridgehead atoms. The van der Waals surface area contributed by atoms with Gasteiger partial charge in [0.25, 0.3) is 0 Å². The Hall–Kier alpha value is 0.270. The van der Waals surface area contributed by atoms with Crippen LogP contribution in [0.3, 0.4) is 0 Å². The number of nitrogens with one attached hydrogen (secondary N) is 1. The van der Waals surface area contributed by atoms with Crippen molar-refractivity contribution < 1.29 is 0 Å². The number of thioether (sulfide) groups is 1. The maximum absolute atomic E-state index is 3.66. The van der Waals surface area contributed by atoms with Crippen LogP contribution in [0, 0.1) is 0 Å². The molecule has 0 radical (unpaired) electrons. The van der Waals surface area contributed by atoms with Gasteiger partial charge in [0.2, 0.25) is 0 Å².